The molecule has 1 unspecified atom stereocenters. The fourth-order valence-electron chi connectivity index (χ4n) is 2.96. The molecule has 0 aromatic carbocycles. The second-order valence-electron chi connectivity index (χ2n) is 5.68. The van der Waals surface area contributed by atoms with Gasteiger partial charge in [0, 0.05) is 19.6 Å². The molecule has 120 valence electrons. The van der Waals surface area contributed by atoms with Crippen LogP contribution in [0.5, 0.6) is 0 Å². The molecule has 7 heteroatoms. The van der Waals surface area contributed by atoms with E-state index in [1.165, 1.54) is 16.1 Å². The van der Waals surface area contributed by atoms with E-state index in [2.05, 4.69) is 0 Å². The van der Waals surface area contributed by atoms with E-state index in [1.54, 1.807) is 12.1 Å². The van der Waals surface area contributed by atoms with Crippen LogP contribution in [0.3, 0.4) is 0 Å². The average molecular weight is 310 g/mol. The van der Waals surface area contributed by atoms with E-state index in [1.807, 2.05) is 0 Å². The molecule has 0 radical (unpaired) electrons. The number of nitrogens with zero attached hydrogens (tertiary/aromatic N) is 2. The van der Waals surface area contributed by atoms with Gasteiger partial charge >= 0.3 is 0 Å². The summed E-state index contributed by atoms with van der Waals surface area (Å²) in [4.78, 5) is 27.6. The first kappa shape index (κ1) is 15.0. The van der Waals surface area contributed by atoms with E-state index >= 15 is 4.39 Å². The third kappa shape index (κ3) is 2.85. The summed E-state index contributed by atoms with van der Waals surface area (Å²) in [6, 6.07) is 3.15. The Labute approximate surface area is 127 Å². The lowest BCUT2D eigenvalue weighted by Crippen LogP contribution is -2.58. The van der Waals surface area contributed by atoms with Crippen LogP contribution in [-0.4, -0.2) is 66.7 Å². The van der Waals surface area contributed by atoms with E-state index < -0.39 is 11.6 Å². The van der Waals surface area contributed by atoms with Crippen molar-refractivity contribution in [2.45, 2.75) is 18.5 Å². The van der Waals surface area contributed by atoms with Crippen LogP contribution in [0.1, 0.15) is 23.4 Å². The number of hydrogen-bond acceptors (Lipinski definition) is 4. The lowest BCUT2D eigenvalue weighted by molar-refractivity contribution is -0.151. The molecule has 22 heavy (non-hydrogen) atoms. The van der Waals surface area contributed by atoms with Crippen LogP contribution in [0.4, 0.5) is 4.39 Å². The number of amides is 2. The molecule has 2 saturated heterocycles. The number of carbonyl (C=O) groups is 2. The number of alkyl halides is 1. The molecule has 1 aromatic rings. The first-order chi connectivity index (χ1) is 10.6. The molecule has 6 nitrogen and oxygen atoms in total. The van der Waals surface area contributed by atoms with Crippen LogP contribution < -0.4 is 0 Å². The predicted molar refractivity (Wildman–Crippen MR) is 75.1 cm³/mol. The minimum Gasteiger partial charge on any atom is -0.459 e. The van der Waals surface area contributed by atoms with E-state index in [-0.39, 0.29) is 24.6 Å². The Balaban J connectivity index is 1.70. The fraction of sp³-hybridized carbons (Fsp3) is 0.600. The van der Waals surface area contributed by atoms with Crippen molar-refractivity contribution >= 4 is 11.8 Å². The molecule has 3 rings (SSSR count). The van der Waals surface area contributed by atoms with Gasteiger partial charge in [0.2, 0.25) is 5.67 Å². The smallest absolute Gasteiger partial charge is 0.289 e. The summed E-state index contributed by atoms with van der Waals surface area (Å²) in [5.74, 6) is -0.739. The maximum Gasteiger partial charge on any atom is 0.289 e. The minimum absolute atomic E-state index is 0.144. The fourth-order valence-corrected chi connectivity index (χ4v) is 2.96. The first-order valence-corrected chi connectivity index (χ1v) is 7.49. The van der Waals surface area contributed by atoms with Crippen LogP contribution in [-0.2, 0) is 9.53 Å². The first-order valence-electron chi connectivity index (χ1n) is 7.49. The summed E-state index contributed by atoms with van der Waals surface area (Å²) in [7, 11) is 0. The number of rotatable bonds is 2. The molecule has 0 N–H and O–H groups in total. The molecule has 0 aliphatic carbocycles. The van der Waals surface area contributed by atoms with Crippen molar-refractivity contribution < 1.29 is 23.1 Å². The molecule has 0 spiro atoms. The van der Waals surface area contributed by atoms with E-state index in [0.717, 1.165) is 0 Å². The summed E-state index contributed by atoms with van der Waals surface area (Å²) >= 11 is 0. The average Bonchev–Trinajstić information content (AvgIpc) is 3.09. The molecular formula is C15H19FN2O4. The zero-order valence-electron chi connectivity index (χ0n) is 12.3. The normalized spacial score (nSPS) is 26.0. The Morgan fingerprint density at radius 2 is 1.95 bits per heavy atom. The summed E-state index contributed by atoms with van der Waals surface area (Å²) < 4.78 is 25.4. The molecule has 3 heterocycles. The van der Waals surface area contributed by atoms with Gasteiger partial charge in [-0.15, -0.1) is 0 Å². The zero-order chi connectivity index (χ0) is 15.6. The Morgan fingerprint density at radius 3 is 2.64 bits per heavy atom. The highest BCUT2D eigenvalue weighted by atomic mass is 19.1. The van der Waals surface area contributed by atoms with Crippen LogP contribution in [0.15, 0.2) is 22.8 Å². The molecule has 2 amide bonds. The van der Waals surface area contributed by atoms with Gasteiger partial charge in [-0.25, -0.2) is 4.39 Å². The highest BCUT2D eigenvalue weighted by Gasteiger charge is 2.46. The number of piperidine rings is 1. The van der Waals surface area contributed by atoms with Crippen molar-refractivity contribution in [1.82, 2.24) is 9.80 Å². The third-order valence-corrected chi connectivity index (χ3v) is 4.14. The molecule has 1 aromatic heterocycles. The van der Waals surface area contributed by atoms with Gasteiger partial charge in [0.1, 0.15) is 0 Å². The maximum atomic E-state index is 15.1. The van der Waals surface area contributed by atoms with Crippen molar-refractivity contribution in [2.75, 3.05) is 39.4 Å². The predicted octanol–water partition coefficient (Wildman–Crippen LogP) is 1.08. The van der Waals surface area contributed by atoms with Gasteiger partial charge in [0.05, 0.1) is 26.0 Å². The lowest BCUT2D eigenvalue weighted by atomic mass is 9.92. The highest BCUT2D eigenvalue weighted by Crippen LogP contribution is 2.29. The molecule has 1 atom stereocenters. The molecule has 0 bridgehead atoms. The number of ether oxygens (including phenoxy) is 1. The van der Waals surface area contributed by atoms with Crippen LogP contribution in [0, 0.1) is 0 Å². The van der Waals surface area contributed by atoms with Crippen molar-refractivity contribution in [3.8, 4) is 0 Å². The lowest BCUT2D eigenvalue weighted by Gasteiger charge is -2.39. The quantitative estimate of drug-likeness (QED) is 0.820. The number of carbonyl (C=O) groups excluding carboxylic acids is 2. The van der Waals surface area contributed by atoms with Gasteiger partial charge in [-0.3, -0.25) is 9.59 Å². The van der Waals surface area contributed by atoms with Crippen LogP contribution in [0.25, 0.3) is 0 Å². The monoisotopic (exact) mass is 310 g/mol. The summed E-state index contributed by atoms with van der Waals surface area (Å²) in [6.07, 6.45) is 2.00. The minimum atomic E-state index is -2.02. The Hall–Kier alpha value is -1.89. The second kappa shape index (κ2) is 6.08. The molecule has 2 fully saturated rings. The highest BCUT2D eigenvalue weighted by molar-refractivity contribution is 5.93. The Morgan fingerprint density at radius 1 is 1.18 bits per heavy atom. The van der Waals surface area contributed by atoms with E-state index in [0.29, 0.717) is 39.3 Å². The van der Waals surface area contributed by atoms with Gasteiger partial charge in [0.15, 0.2) is 5.76 Å². The number of hydrogen-bond donors (Lipinski definition) is 0. The Bertz CT molecular complexity index is 542. The van der Waals surface area contributed by atoms with E-state index in [4.69, 9.17) is 9.15 Å². The number of likely N-dealkylation sites (tertiary alicyclic amines) is 1. The largest absolute Gasteiger partial charge is 0.459 e. The van der Waals surface area contributed by atoms with Crippen molar-refractivity contribution in [1.29, 1.82) is 0 Å². The standard InChI is InChI=1S/C15H19FN2O4/c16-15(14(20)17-6-9-21-10-7-17)4-2-5-18(11-15)13(19)12-3-1-8-22-12/h1,3,8H,2,4-7,9-11H2. The topological polar surface area (TPSA) is 63.0 Å². The Kier molecular flexibility index (Phi) is 4.15. The number of morpholine rings is 1. The van der Waals surface area contributed by atoms with Gasteiger partial charge in [-0.1, -0.05) is 0 Å². The summed E-state index contributed by atoms with van der Waals surface area (Å²) in [6.45, 7) is 1.87. The number of halogens is 1. The molecule has 0 saturated carbocycles. The maximum absolute atomic E-state index is 15.1. The van der Waals surface area contributed by atoms with Gasteiger partial charge < -0.3 is 19.0 Å². The summed E-state index contributed by atoms with van der Waals surface area (Å²) in [5, 5.41) is 0. The summed E-state index contributed by atoms with van der Waals surface area (Å²) in [5.41, 5.74) is -2.02. The van der Waals surface area contributed by atoms with Gasteiger partial charge in [-0.05, 0) is 25.0 Å². The number of furan rings is 1. The SMILES string of the molecule is O=C(c1ccco1)N1CCCC(F)(C(=O)N2CCOCC2)C1. The molecular weight excluding hydrogens is 291 g/mol. The molecule has 2 aliphatic rings. The van der Waals surface area contributed by atoms with Gasteiger partial charge in [-0.2, -0.15) is 0 Å². The second-order valence-corrected chi connectivity index (χ2v) is 5.68. The third-order valence-electron chi connectivity index (χ3n) is 4.14. The van der Waals surface area contributed by atoms with Crippen LogP contribution in [0.2, 0.25) is 0 Å². The van der Waals surface area contributed by atoms with Crippen molar-refractivity contribution in [3.05, 3.63) is 24.2 Å². The van der Waals surface area contributed by atoms with E-state index in [9.17, 15) is 9.59 Å². The van der Waals surface area contributed by atoms with Crippen molar-refractivity contribution in [2.24, 2.45) is 0 Å². The van der Waals surface area contributed by atoms with Crippen LogP contribution >= 0.6 is 0 Å². The van der Waals surface area contributed by atoms with Crippen molar-refractivity contribution in [3.63, 3.8) is 0 Å². The zero-order valence-corrected chi connectivity index (χ0v) is 12.3. The van der Waals surface area contributed by atoms with Gasteiger partial charge in [0.25, 0.3) is 11.8 Å². The molecule has 2 aliphatic heterocycles.